The van der Waals surface area contributed by atoms with Gasteiger partial charge in [0.05, 0.1) is 12.6 Å². The molecule has 4 nitrogen and oxygen atoms in total. The molecule has 0 bridgehead atoms. The summed E-state index contributed by atoms with van der Waals surface area (Å²) in [5.41, 5.74) is 0.393. The van der Waals surface area contributed by atoms with Crippen LogP contribution in [0.2, 0.25) is 0 Å². The van der Waals surface area contributed by atoms with Gasteiger partial charge in [0.1, 0.15) is 11.2 Å². The van der Waals surface area contributed by atoms with Crippen LogP contribution in [0.15, 0.2) is 30.3 Å². The van der Waals surface area contributed by atoms with Crippen LogP contribution in [0, 0.1) is 0 Å². The summed E-state index contributed by atoms with van der Waals surface area (Å²) in [6.07, 6.45) is 0.339. The molecule has 2 unspecified atom stereocenters. The van der Waals surface area contributed by atoms with Crippen LogP contribution in [-0.2, 0) is 15.9 Å². The molecular weight excluding hydrogens is 254 g/mol. The van der Waals surface area contributed by atoms with Crippen molar-refractivity contribution in [3.63, 3.8) is 0 Å². The number of epoxide rings is 1. The summed E-state index contributed by atoms with van der Waals surface area (Å²) in [5, 5.41) is 2.94. The Balaban J connectivity index is 2.00. The van der Waals surface area contributed by atoms with Gasteiger partial charge >= 0.3 is 6.09 Å². The van der Waals surface area contributed by atoms with Gasteiger partial charge in [-0.05, 0) is 39.7 Å². The van der Waals surface area contributed by atoms with Crippen LogP contribution < -0.4 is 5.32 Å². The minimum Gasteiger partial charge on any atom is -0.444 e. The molecule has 2 rings (SSSR count). The van der Waals surface area contributed by atoms with Crippen LogP contribution in [0.1, 0.15) is 33.3 Å². The van der Waals surface area contributed by atoms with Gasteiger partial charge in [-0.15, -0.1) is 0 Å². The zero-order valence-corrected chi connectivity index (χ0v) is 12.6. The number of nitrogens with one attached hydrogen (secondary N) is 1. The SMILES string of the molecule is CC(C)(C)OC(=O)NC(Cc1ccccc1)C1(C)CO1. The number of hydrogen-bond acceptors (Lipinski definition) is 3. The Hall–Kier alpha value is -1.55. The van der Waals surface area contributed by atoms with Crippen LogP contribution in [0.4, 0.5) is 4.79 Å². The third-order valence-electron chi connectivity index (χ3n) is 3.31. The molecule has 1 saturated heterocycles. The summed E-state index contributed by atoms with van der Waals surface area (Å²) in [6, 6.07) is 9.99. The molecule has 0 aliphatic carbocycles. The zero-order chi connectivity index (χ0) is 14.8. The molecule has 0 spiro atoms. The van der Waals surface area contributed by atoms with E-state index >= 15 is 0 Å². The van der Waals surface area contributed by atoms with Gasteiger partial charge < -0.3 is 14.8 Å². The van der Waals surface area contributed by atoms with Crippen molar-refractivity contribution in [1.29, 1.82) is 0 Å². The molecule has 1 fully saturated rings. The molecule has 2 atom stereocenters. The predicted octanol–water partition coefficient (Wildman–Crippen LogP) is 2.91. The van der Waals surface area contributed by atoms with Crippen LogP contribution in [0.25, 0.3) is 0 Å². The molecule has 1 aromatic carbocycles. The molecule has 1 aliphatic heterocycles. The second-order valence-corrected chi connectivity index (χ2v) is 6.49. The van der Waals surface area contributed by atoms with Crippen molar-refractivity contribution in [1.82, 2.24) is 5.32 Å². The highest BCUT2D eigenvalue weighted by molar-refractivity contribution is 5.68. The summed E-state index contributed by atoms with van der Waals surface area (Å²) in [4.78, 5) is 11.9. The minimum atomic E-state index is -0.493. The summed E-state index contributed by atoms with van der Waals surface area (Å²) < 4.78 is 10.8. The molecule has 1 amide bonds. The Bertz CT molecular complexity index is 460. The lowest BCUT2D eigenvalue weighted by molar-refractivity contribution is 0.0476. The van der Waals surface area contributed by atoms with E-state index in [0.717, 1.165) is 6.42 Å². The van der Waals surface area contributed by atoms with Crippen molar-refractivity contribution in [2.45, 2.75) is 51.4 Å². The van der Waals surface area contributed by atoms with Gasteiger partial charge in [0.2, 0.25) is 0 Å². The lowest BCUT2D eigenvalue weighted by Crippen LogP contribution is -2.47. The average molecular weight is 277 g/mol. The average Bonchev–Trinajstić information content (AvgIpc) is 3.07. The number of alkyl carbamates (subject to hydrolysis) is 1. The Morgan fingerprint density at radius 2 is 2.00 bits per heavy atom. The van der Waals surface area contributed by atoms with Crippen molar-refractivity contribution in [3.05, 3.63) is 35.9 Å². The lowest BCUT2D eigenvalue weighted by Gasteiger charge is -2.26. The Kier molecular flexibility index (Phi) is 4.04. The van der Waals surface area contributed by atoms with E-state index in [2.05, 4.69) is 17.4 Å². The van der Waals surface area contributed by atoms with E-state index in [9.17, 15) is 4.79 Å². The first kappa shape index (κ1) is 14.9. The third kappa shape index (κ3) is 4.23. The summed E-state index contributed by atoms with van der Waals surface area (Å²) in [5.74, 6) is 0. The standard InChI is InChI=1S/C16H23NO3/c1-15(2,3)20-14(18)17-13(16(4)11-19-16)10-12-8-6-5-7-9-12/h5-9,13H,10-11H2,1-4H3,(H,17,18). The Labute approximate surface area is 120 Å². The zero-order valence-electron chi connectivity index (χ0n) is 12.6. The lowest BCUT2D eigenvalue weighted by atomic mass is 9.95. The maximum atomic E-state index is 11.9. The van der Waals surface area contributed by atoms with Crippen LogP contribution in [0.3, 0.4) is 0 Å². The van der Waals surface area contributed by atoms with E-state index in [1.165, 1.54) is 5.56 Å². The summed E-state index contributed by atoms with van der Waals surface area (Å²) in [6.45, 7) is 8.24. The van der Waals surface area contributed by atoms with Gasteiger partial charge in [-0.3, -0.25) is 0 Å². The highest BCUT2D eigenvalue weighted by atomic mass is 16.6. The maximum absolute atomic E-state index is 11.9. The van der Waals surface area contributed by atoms with Gasteiger partial charge in [0.25, 0.3) is 0 Å². The first-order valence-corrected chi connectivity index (χ1v) is 6.96. The van der Waals surface area contributed by atoms with E-state index < -0.39 is 11.7 Å². The number of hydrogen-bond donors (Lipinski definition) is 1. The summed E-state index contributed by atoms with van der Waals surface area (Å²) in [7, 11) is 0. The molecule has 4 heteroatoms. The quantitative estimate of drug-likeness (QED) is 0.861. The van der Waals surface area contributed by atoms with Gasteiger partial charge in [0.15, 0.2) is 0 Å². The minimum absolute atomic E-state index is 0.0836. The number of benzene rings is 1. The smallest absolute Gasteiger partial charge is 0.407 e. The maximum Gasteiger partial charge on any atom is 0.407 e. The molecule has 0 aromatic heterocycles. The molecule has 1 aromatic rings. The first-order valence-electron chi connectivity index (χ1n) is 6.96. The van der Waals surface area contributed by atoms with Gasteiger partial charge in [-0.25, -0.2) is 4.79 Å². The fourth-order valence-corrected chi connectivity index (χ4v) is 2.03. The number of carbonyl (C=O) groups excluding carboxylic acids is 1. The van der Waals surface area contributed by atoms with Crippen molar-refractivity contribution in [3.8, 4) is 0 Å². The molecule has 1 N–H and O–H groups in total. The monoisotopic (exact) mass is 277 g/mol. The molecule has 0 saturated carbocycles. The second kappa shape index (κ2) is 5.44. The molecule has 20 heavy (non-hydrogen) atoms. The highest BCUT2D eigenvalue weighted by Gasteiger charge is 2.48. The first-order chi connectivity index (χ1) is 9.28. The second-order valence-electron chi connectivity index (χ2n) is 6.49. The number of rotatable bonds is 4. The van der Waals surface area contributed by atoms with Crippen LogP contribution in [0.5, 0.6) is 0 Å². The van der Waals surface area contributed by atoms with Crippen LogP contribution in [-0.4, -0.2) is 29.9 Å². The van der Waals surface area contributed by atoms with Crippen molar-refractivity contribution in [2.24, 2.45) is 0 Å². The third-order valence-corrected chi connectivity index (χ3v) is 3.31. The van der Waals surface area contributed by atoms with Gasteiger partial charge in [-0.2, -0.15) is 0 Å². The largest absolute Gasteiger partial charge is 0.444 e. The fourth-order valence-electron chi connectivity index (χ4n) is 2.03. The molecule has 0 radical (unpaired) electrons. The van der Waals surface area contributed by atoms with E-state index in [1.54, 1.807) is 0 Å². The van der Waals surface area contributed by atoms with Gasteiger partial charge in [0, 0.05) is 0 Å². The topological polar surface area (TPSA) is 50.9 Å². The molecule has 110 valence electrons. The highest BCUT2D eigenvalue weighted by Crippen LogP contribution is 2.32. The fraction of sp³-hybridized carbons (Fsp3) is 0.562. The molecular formula is C16H23NO3. The van der Waals surface area contributed by atoms with E-state index in [0.29, 0.717) is 6.61 Å². The number of amides is 1. The van der Waals surface area contributed by atoms with Crippen molar-refractivity contribution in [2.75, 3.05) is 6.61 Å². The Morgan fingerprint density at radius 3 is 2.50 bits per heavy atom. The predicted molar refractivity (Wildman–Crippen MR) is 77.7 cm³/mol. The number of ether oxygens (including phenoxy) is 2. The van der Waals surface area contributed by atoms with Crippen molar-refractivity contribution >= 4 is 6.09 Å². The molecule has 1 aliphatic rings. The van der Waals surface area contributed by atoms with E-state index in [4.69, 9.17) is 9.47 Å². The molecule has 1 heterocycles. The van der Waals surface area contributed by atoms with Crippen LogP contribution >= 0.6 is 0 Å². The van der Waals surface area contributed by atoms with E-state index in [-0.39, 0.29) is 11.6 Å². The summed E-state index contributed by atoms with van der Waals surface area (Å²) >= 11 is 0. The number of carbonyl (C=O) groups is 1. The Morgan fingerprint density at radius 1 is 1.40 bits per heavy atom. The normalized spacial score (nSPS) is 23.0. The van der Waals surface area contributed by atoms with E-state index in [1.807, 2.05) is 45.9 Å². The van der Waals surface area contributed by atoms with Crippen molar-refractivity contribution < 1.29 is 14.3 Å². The van der Waals surface area contributed by atoms with Gasteiger partial charge in [-0.1, -0.05) is 30.3 Å².